The maximum Gasteiger partial charge on any atom is 0.306 e. The van der Waals surface area contributed by atoms with Crippen LogP contribution in [0.25, 0.3) is 0 Å². The van der Waals surface area contributed by atoms with E-state index in [-0.39, 0.29) is 5.92 Å². The Morgan fingerprint density at radius 2 is 2.12 bits per heavy atom. The van der Waals surface area contributed by atoms with Crippen LogP contribution in [-0.2, 0) is 4.79 Å². The lowest BCUT2D eigenvalue weighted by atomic mass is 9.71. The molecule has 1 N–H and O–H groups in total. The van der Waals surface area contributed by atoms with Crippen LogP contribution in [-0.4, -0.2) is 11.1 Å². The average Bonchev–Trinajstić information content (AvgIpc) is 2.17. The minimum Gasteiger partial charge on any atom is -0.481 e. The zero-order chi connectivity index (χ0) is 12.1. The van der Waals surface area contributed by atoms with Gasteiger partial charge in [0.25, 0.3) is 0 Å². The van der Waals surface area contributed by atoms with Crippen LogP contribution in [0, 0.1) is 23.7 Å². The first-order valence-electron chi connectivity index (χ1n) is 6.77. The van der Waals surface area contributed by atoms with E-state index in [4.69, 9.17) is 0 Å². The van der Waals surface area contributed by atoms with E-state index in [1.807, 2.05) is 0 Å². The molecule has 1 aliphatic rings. The van der Waals surface area contributed by atoms with Crippen LogP contribution in [0.1, 0.15) is 59.3 Å². The molecule has 1 rings (SSSR count). The highest BCUT2D eigenvalue weighted by Crippen LogP contribution is 2.38. The molecule has 1 aliphatic carbocycles. The molecule has 0 saturated heterocycles. The van der Waals surface area contributed by atoms with Crippen molar-refractivity contribution in [2.75, 3.05) is 0 Å². The van der Waals surface area contributed by atoms with E-state index in [1.165, 1.54) is 12.8 Å². The molecular formula is C14H26O2. The largest absolute Gasteiger partial charge is 0.481 e. The van der Waals surface area contributed by atoms with E-state index in [1.54, 1.807) is 0 Å². The number of carboxylic acid groups (broad SMARTS) is 1. The lowest BCUT2D eigenvalue weighted by Gasteiger charge is -2.34. The minimum atomic E-state index is -0.569. The standard InChI is InChI=1S/C14H26O2/c1-4-5-10(2)8-12-9-11(3)6-7-13(12)14(15)16/h10-13H,4-9H2,1-3H3,(H,15,16). The number of aliphatic carboxylic acids is 1. The third-order valence-electron chi connectivity index (χ3n) is 4.05. The lowest BCUT2D eigenvalue weighted by Crippen LogP contribution is -2.31. The number of hydrogen-bond acceptors (Lipinski definition) is 1. The summed E-state index contributed by atoms with van der Waals surface area (Å²) >= 11 is 0. The van der Waals surface area contributed by atoms with Crippen LogP contribution < -0.4 is 0 Å². The Kier molecular flexibility index (Phi) is 5.30. The molecule has 2 nitrogen and oxygen atoms in total. The molecule has 94 valence electrons. The van der Waals surface area contributed by atoms with Crippen molar-refractivity contribution in [2.24, 2.45) is 23.7 Å². The van der Waals surface area contributed by atoms with Crippen LogP contribution >= 0.6 is 0 Å². The van der Waals surface area contributed by atoms with Crippen molar-refractivity contribution >= 4 is 5.97 Å². The van der Waals surface area contributed by atoms with Gasteiger partial charge < -0.3 is 5.11 Å². The van der Waals surface area contributed by atoms with Crippen molar-refractivity contribution in [2.45, 2.75) is 59.3 Å². The first-order valence-corrected chi connectivity index (χ1v) is 6.77. The summed E-state index contributed by atoms with van der Waals surface area (Å²) in [6.07, 6.45) is 6.65. The van der Waals surface area contributed by atoms with E-state index < -0.39 is 5.97 Å². The molecule has 4 unspecified atom stereocenters. The van der Waals surface area contributed by atoms with Gasteiger partial charge in [-0.3, -0.25) is 4.79 Å². The van der Waals surface area contributed by atoms with Gasteiger partial charge >= 0.3 is 5.97 Å². The smallest absolute Gasteiger partial charge is 0.306 e. The van der Waals surface area contributed by atoms with E-state index in [0.717, 1.165) is 31.6 Å². The fourth-order valence-electron chi connectivity index (χ4n) is 3.21. The molecule has 0 radical (unpaired) electrons. The van der Waals surface area contributed by atoms with E-state index in [2.05, 4.69) is 20.8 Å². The molecule has 0 bridgehead atoms. The maximum absolute atomic E-state index is 11.2. The third-order valence-corrected chi connectivity index (χ3v) is 4.05. The summed E-state index contributed by atoms with van der Waals surface area (Å²) in [6.45, 7) is 6.73. The Labute approximate surface area is 99.4 Å². The summed E-state index contributed by atoms with van der Waals surface area (Å²) < 4.78 is 0. The van der Waals surface area contributed by atoms with Gasteiger partial charge in [0.2, 0.25) is 0 Å². The van der Waals surface area contributed by atoms with Crippen LogP contribution in [0.5, 0.6) is 0 Å². The first kappa shape index (κ1) is 13.5. The highest BCUT2D eigenvalue weighted by Gasteiger charge is 2.33. The summed E-state index contributed by atoms with van der Waals surface area (Å²) in [5.41, 5.74) is 0. The van der Waals surface area contributed by atoms with Gasteiger partial charge in [0.05, 0.1) is 5.92 Å². The Balaban J connectivity index is 2.53. The highest BCUT2D eigenvalue weighted by atomic mass is 16.4. The van der Waals surface area contributed by atoms with Crippen LogP contribution in [0.15, 0.2) is 0 Å². The summed E-state index contributed by atoms with van der Waals surface area (Å²) in [5, 5.41) is 9.24. The summed E-state index contributed by atoms with van der Waals surface area (Å²) in [7, 11) is 0. The van der Waals surface area contributed by atoms with Crippen LogP contribution in [0.3, 0.4) is 0 Å². The highest BCUT2D eigenvalue weighted by molar-refractivity contribution is 5.70. The summed E-state index contributed by atoms with van der Waals surface area (Å²) in [6, 6.07) is 0. The molecule has 16 heavy (non-hydrogen) atoms. The van der Waals surface area contributed by atoms with E-state index in [9.17, 15) is 9.90 Å². The Hall–Kier alpha value is -0.530. The Bertz CT molecular complexity index is 225. The van der Waals surface area contributed by atoms with Gasteiger partial charge in [-0.15, -0.1) is 0 Å². The molecule has 0 spiro atoms. The molecule has 0 aromatic carbocycles. The van der Waals surface area contributed by atoms with Crippen molar-refractivity contribution < 1.29 is 9.90 Å². The average molecular weight is 226 g/mol. The molecule has 0 aromatic heterocycles. The number of hydrogen-bond donors (Lipinski definition) is 1. The molecule has 0 heterocycles. The van der Waals surface area contributed by atoms with Crippen molar-refractivity contribution in [1.29, 1.82) is 0 Å². The quantitative estimate of drug-likeness (QED) is 0.770. The van der Waals surface area contributed by atoms with E-state index in [0.29, 0.717) is 11.8 Å². The second-order valence-electron chi connectivity index (χ2n) is 5.75. The van der Waals surface area contributed by atoms with Crippen LogP contribution in [0.2, 0.25) is 0 Å². The van der Waals surface area contributed by atoms with E-state index >= 15 is 0 Å². The second-order valence-corrected chi connectivity index (χ2v) is 5.75. The second kappa shape index (κ2) is 6.27. The molecule has 4 atom stereocenters. The lowest BCUT2D eigenvalue weighted by molar-refractivity contribution is -0.145. The SMILES string of the molecule is CCCC(C)CC1CC(C)CCC1C(=O)O. The van der Waals surface area contributed by atoms with Crippen molar-refractivity contribution in [1.82, 2.24) is 0 Å². The monoisotopic (exact) mass is 226 g/mol. The van der Waals surface area contributed by atoms with Crippen LogP contribution in [0.4, 0.5) is 0 Å². The molecule has 2 heteroatoms. The predicted molar refractivity (Wildman–Crippen MR) is 66.3 cm³/mol. The summed E-state index contributed by atoms with van der Waals surface area (Å²) in [5.74, 6) is 1.18. The van der Waals surface area contributed by atoms with Crippen molar-refractivity contribution in [3.8, 4) is 0 Å². The maximum atomic E-state index is 11.2. The molecule has 0 aromatic rings. The van der Waals surface area contributed by atoms with Gasteiger partial charge in [0.15, 0.2) is 0 Å². The first-order chi connectivity index (χ1) is 7.54. The zero-order valence-electron chi connectivity index (χ0n) is 10.9. The van der Waals surface area contributed by atoms with Crippen molar-refractivity contribution in [3.05, 3.63) is 0 Å². The van der Waals surface area contributed by atoms with Gasteiger partial charge in [0, 0.05) is 0 Å². The zero-order valence-corrected chi connectivity index (χ0v) is 10.9. The fraction of sp³-hybridized carbons (Fsp3) is 0.929. The minimum absolute atomic E-state index is 0.0736. The molecule has 0 aliphatic heterocycles. The van der Waals surface area contributed by atoms with Crippen molar-refractivity contribution in [3.63, 3.8) is 0 Å². The molecular weight excluding hydrogens is 200 g/mol. The topological polar surface area (TPSA) is 37.3 Å². The van der Waals surface area contributed by atoms with Gasteiger partial charge in [0.1, 0.15) is 0 Å². The third kappa shape index (κ3) is 3.80. The predicted octanol–water partition coefficient (Wildman–Crippen LogP) is 3.95. The number of carboxylic acids is 1. The van der Waals surface area contributed by atoms with Gasteiger partial charge in [-0.05, 0) is 43.4 Å². The number of rotatable bonds is 5. The fourth-order valence-corrected chi connectivity index (χ4v) is 3.21. The molecule has 0 amide bonds. The van der Waals surface area contributed by atoms with Gasteiger partial charge in [-0.1, -0.05) is 33.6 Å². The summed E-state index contributed by atoms with van der Waals surface area (Å²) in [4.78, 5) is 11.2. The van der Waals surface area contributed by atoms with Gasteiger partial charge in [-0.25, -0.2) is 0 Å². The molecule has 1 fully saturated rings. The Morgan fingerprint density at radius 1 is 1.44 bits per heavy atom. The number of carbonyl (C=O) groups is 1. The normalized spacial score (nSPS) is 32.3. The van der Waals surface area contributed by atoms with Gasteiger partial charge in [-0.2, -0.15) is 0 Å². The molecule has 1 saturated carbocycles. The Morgan fingerprint density at radius 3 is 2.69 bits per heavy atom.